The zero-order valence-electron chi connectivity index (χ0n) is 9.96. The highest BCUT2D eigenvalue weighted by molar-refractivity contribution is 5.45. The van der Waals surface area contributed by atoms with E-state index >= 15 is 0 Å². The molecule has 0 saturated heterocycles. The number of allylic oxidation sites excluding steroid dienone is 1. The van der Waals surface area contributed by atoms with Gasteiger partial charge in [0.1, 0.15) is 0 Å². The molecule has 0 fully saturated rings. The first kappa shape index (κ1) is 11.8. The van der Waals surface area contributed by atoms with Gasteiger partial charge in [0.25, 0.3) is 0 Å². The highest BCUT2D eigenvalue weighted by Crippen LogP contribution is 2.26. The van der Waals surface area contributed by atoms with Crippen molar-refractivity contribution in [2.75, 3.05) is 11.9 Å². The van der Waals surface area contributed by atoms with Gasteiger partial charge in [-0.25, -0.2) is 0 Å². The van der Waals surface area contributed by atoms with Crippen molar-refractivity contribution in [3.8, 4) is 0 Å². The van der Waals surface area contributed by atoms with Crippen molar-refractivity contribution in [3.63, 3.8) is 0 Å². The van der Waals surface area contributed by atoms with Crippen LogP contribution in [0.15, 0.2) is 36.9 Å². The summed E-state index contributed by atoms with van der Waals surface area (Å²) in [6.07, 6.45) is 2.03. The molecule has 1 aromatic rings. The summed E-state index contributed by atoms with van der Waals surface area (Å²) in [6.45, 7) is 11.4. The normalized spacial score (nSPS) is 12.5. The first-order valence-corrected chi connectivity index (χ1v) is 5.65. The number of nitrogens with one attached hydrogen (secondary N) is 1. The number of hydrogen-bond donors (Lipinski definition) is 1. The zero-order chi connectivity index (χ0) is 11.3. The Bertz CT molecular complexity index is 298. The molecule has 0 saturated carbocycles. The van der Waals surface area contributed by atoms with Crippen LogP contribution >= 0.6 is 0 Å². The van der Waals surface area contributed by atoms with Crippen molar-refractivity contribution < 1.29 is 0 Å². The molecule has 82 valence electrons. The van der Waals surface area contributed by atoms with Gasteiger partial charge in [-0.3, -0.25) is 0 Å². The SMILES string of the molecule is C=CC(c1ccc(NCC)cc1)C(C)C. The summed E-state index contributed by atoms with van der Waals surface area (Å²) in [5.74, 6) is 1.06. The average molecular weight is 203 g/mol. The van der Waals surface area contributed by atoms with Crippen LogP contribution in [0.5, 0.6) is 0 Å². The Morgan fingerprint density at radius 1 is 1.27 bits per heavy atom. The van der Waals surface area contributed by atoms with Crippen molar-refractivity contribution in [1.82, 2.24) is 0 Å². The third-order valence-electron chi connectivity index (χ3n) is 2.65. The molecule has 1 aromatic carbocycles. The van der Waals surface area contributed by atoms with Crippen molar-refractivity contribution in [2.45, 2.75) is 26.7 Å². The van der Waals surface area contributed by atoms with Gasteiger partial charge in [0, 0.05) is 18.2 Å². The van der Waals surface area contributed by atoms with E-state index in [2.05, 4.69) is 56.9 Å². The van der Waals surface area contributed by atoms with Crippen LogP contribution in [0.25, 0.3) is 0 Å². The largest absolute Gasteiger partial charge is 0.385 e. The van der Waals surface area contributed by atoms with Crippen LogP contribution in [0.4, 0.5) is 5.69 Å². The monoisotopic (exact) mass is 203 g/mol. The van der Waals surface area contributed by atoms with Gasteiger partial charge in [-0.15, -0.1) is 6.58 Å². The van der Waals surface area contributed by atoms with E-state index in [9.17, 15) is 0 Å². The Kier molecular flexibility index (Phi) is 4.41. The molecule has 0 heterocycles. The van der Waals surface area contributed by atoms with Crippen LogP contribution in [0, 0.1) is 5.92 Å². The summed E-state index contributed by atoms with van der Waals surface area (Å²) < 4.78 is 0. The van der Waals surface area contributed by atoms with E-state index in [0.29, 0.717) is 11.8 Å². The smallest absolute Gasteiger partial charge is 0.0340 e. The van der Waals surface area contributed by atoms with Gasteiger partial charge in [-0.05, 0) is 30.5 Å². The lowest BCUT2D eigenvalue weighted by Crippen LogP contribution is -2.03. The lowest BCUT2D eigenvalue weighted by atomic mass is 9.88. The summed E-state index contributed by atoms with van der Waals surface area (Å²) in [4.78, 5) is 0. The highest BCUT2D eigenvalue weighted by Gasteiger charge is 2.11. The van der Waals surface area contributed by atoms with Gasteiger partial charge >= 0.3 is 0 Å². The molecular weight excluding hydrogens is 182 g/mol. The quantitative estimate of drug-likeness (QED) is 0.712. The van der Waals surface area contributed by atoms with Crippen LogP contribution in [-0.4, -0.2) is 6.54 Å². The molecule has 1 unspecified atom stereocenters. The number of hydrogen-bond acceptors (Lipinski definition) is 1. The van der Waals surface area contributed by atoms with E-state index in [-0.39, 0.29) is 0 Å². The van der Waals surface area contributed by atoms with Gasteiger partial charge in [0.05, 0.1) is 0 Å². The standard InChI is InChI=1S/C14H21N/c1-5-14(11(3)4)12-7-9-13(10-8-12)15-6-2/h5,7-11,14-15H,1,6H2,2-4H3. The van der Waals surface area contributed by atoms with E-state index in [1.54, 1.807) is 0 Å². The first-order valence-electron chi connectivity index (χ1n) is 5.65. The third-order valence-corrected chi connectivity index (χ3v) is 2.65. The van der Waals surface area contributed by atoms with Gasteiger partial charge in [0.2, 0.25) is 0 Å². The summed E-state index contributed by atoms with van der Waals surface area (Å²) in [5.41, 5.74) is 2.54. The van der Waals surface area contributed by atoms with Crippen LogP contribution in [0.2, 0.25) is 0 Å². The Hall–Kier alpha value is -1.24. The van der Waals surface area contributed by atoms with Crippen molar-refractivity contribution in [2.24, 2.45) is 5.92 Å². The fourth-order valence-electron chi connectivity index (χ4n) is 1.82. The predicted octanol–water partition coefficient (Wildman–Crippen LogP) is 4.04. The van der Waals surface area contributed by atoms with Gasteiger partial charge in [-0.1, -0.05) is 32.1 Å². The fraction of sp³-hybridized carbons (Fsp3) is 0.429. The molecule has 1 N–H and O–H groups in total. The average Bonchev–Trinajstić information content (AvgIpc) is 2.21. The summed E-state index contributed by atoms with van der Waals surface area (Å²) >= 11 is 0. The second kappa shape index (κ2) is 5.59. The Balaban J connectivity index is 2.82. The van der Waals surface area contributed by atoms with Crippen LogP contribution < -0.4 is 5.32 Å². The molecule has 15 heavy (non-hydrogen) atoms. The third kappa shape index (κ3) is 3.12. The molecule has 0 bridgehead atoms. The maximum atomic E-state index is 3.90. The summed E-state index contributed by atoms with van der Waals surface area (Å²) in [5, 5.41) is 3.30. The lowest BCUT2D eigenvalue weighted by Gasteiger charge is -2.17. The molecule has 1 atom stereocenters. The van der Waals surface area contributed by atoms with E-state index in [0.717, 1.165) is 6.54 Å². The van der Waals surface area contributed by atoms with E-state index in [4.69, 9.17) is 0 Å². The zero-order valence-corrected chi connectivity index (χ0v) is 9.96. The maximum absolute atomic E-state index is 3.90. The minimum Gasteiger partial charge on any atom is -0.385 e. The second-order valence-electron chi connectivity index (χ2n) is 4.16. The van der Waals surface area contributed by atoms with Crippen LogP contribution in [0.1, 0.15) is 32.3 Å². The molecule has 0 aliphatic rings. The number of anilines is 1. The Labute approximate surface area is 93.2 Å². The number of rotatable bonds is 5. The summed E-state index contributed by atoms with van der Waals surface area (Å²) in [7, 11) is 0. The molecule has 0 amide bonds. The molecule has 1 rings (SSSR count). The van der Waals surface area contributed by atoms with Crippen LogP contribution in [-0.2, 0) is 0 Å². The lowest BCUT2D eigenvalue weighted by molar-refractivity contribution is 0.579. The molecule has 0 aromatic heterocycles. The van der Waals surface area contributed by atoms with Crippen molar-refractivity contribution >= 4 is 5.69 Å². The van der Waals surface area contributed by atoms with Crippen molar-refractivity contribution in [3.05, 3.63) is 42.5 Å². The molecule has 0 radical (unpaired) electrons. The molecule has 0 spiro atoms. The second-order valence-corrected chi connectivity index (χ2v) is 4.16. The highest BCUT2D eigenvalue weighted by atomic mass is 14.8. The first-order chi connectivity index (χ1) is 7.19. The molecule has 1 nitrogen and oxygen atoms in total. The van der Waals surface area contributed by atoms with Gasteiger partial charge < -0.3 is 5.32 Å². The van der Waals surface area contributed by atoms with Gasteiger partial charge in [0.15, 0.2) is 0 Å². The number of benzene rings is 1. The van der Waals surface area contributed by atoms with E-state index in [1.807, 2.05) is 6.08 Å². The van der Waals surface area contributed by atoms with Crippen LogP contribution in [0.3, 0.4) is 0 Å². The summed E-state index contributed by atoms with van der Waals surface area (Å²) in [6, 6.07) is 8.64. The maximum Gasteiger partial charge on any atom is 0.0340 e. The Morgan fingerprint density at radius 3 is 2.27 bits per heavy atom. The molecule has 1 heteroatoms. The van der Waals surface area contributed by atoms with Gasteiger partial charge in [-0.2, -0.15) is 0 Å². The van der Waals surface area contributed by atoms with E-state index < -0.39 is 0 Å². The minimum atomic E-state index is 0.459. The molecule has 0 aliphatic carbocycles. The van der Waals surface area contributed by atoms with Crippen molar-refractivity contribution in [1.29, 1.82) is 0 Å². The molecule has 0 aliphatic heterocycles. The predicted molar refractivity (Wildman–Crippen MR) is 68.4 cm³/mol. The topological polar surface area (TPSA) is 12.0 Å². The van der Waals surface area contributed by atoms with E-state index in [1.165, 1.54) is 11.3 Å². The fourth-order valence-corrected chi connectivity index (χ4v) is 1.82. The Morgan fingerprint density at radius 2 is 1.87 bits per heavy atom. The minimum absolute atomic E-state index is 0.459. The molecular formula is C14H21N.